The van der Waals surface area contributed by atoms with Crippen molar-refractivity contribution in [3.8, 4) is 11.3 Å². The Morgan fingerprint density at radius 3 is 2.33 bits per heavy atom. The van der Waals surface area contributed by atoms with Crippen LogP contribution >= 0.6 is 0 Å². The van der Waals surface area contributed by atoms with E-state index in [1.54, 1.807) is 6.20 Å². The molecule has 0 aliphatic heterocycles. The SMILES string of the molecule is Cc1cccc(-c2ccc(C(C)(C)C)c[n+]2O)c1. The van der Waals surface area contributed by atoms with Crippen LogP contribution in [0.2, 0.25) is 0 Å². The van der Waals surface area contributed by atoms with Crippen LogP contribution in [0, 0.1) is 6.92 Å². The molecule has 0 aliphatic carbocycles. The van der Waals surface area contributed by atoms with Crippen LogP contribution in [0.4, 0.5) is 0 Å². The van der Waals surface area contributed by atoms with Crippen LogP contribution in [0.15, 0.2) is 42.6 Å². The topological polar surface area (TPSA) is 24.1 Å². The van der Waals surface area contributed by atoms with E-state index < -0.39 is 0 Å². The van der Waals surface area contributed by atoms with Crippen molar-refractivity contribution in [1.29, 1.82) is 0 Å². The van der Waals surface area contributed by atoms with Crippen molar-refractivity contribution < 1.29 is 9.94 Å². The van der Waals surface area contributed by atoms with E-state index in [2.05, 4.69) is 45.9 Å². The molecule has 0 atom stereocenters. The van der Waals surface area contributed by atoms with Crippen molar-refractivity contribution >= 4 is 0 Å². The van der Waals surface area contributed by atoms with Crippen LogP contribution in [0.1, 0.15) is 31.9 Å². The van der Waals surface area contributed by atoms with Crippen LogP contribution in [0.25, 0.3) is 11.3 Å². The molecule has 0 fully saturated rings. The number of nitrogens with zero attached hydrogens (tertiary/aromatic N) is 1. The highest BCUT2D eigenvalue weighted by Gasteiger charge is 2.21. The minimum absolute atomic E-state index is 0.0373. The number of aryl methyl sites for hydroxylation is 1. The van der Waals surface area contributed by atoms with Gasteiger partial charge in [-0.1, -0.05) is 38.5 Å². The second kappa shape index (κ2) is 4.45. The predicted molar refractivity (Wildman–Crippen MR) is 72.7 cm³/mol. The second-order valence-corrected chi connectivity index (χ2v) is 5.77. The van der Waals surface area contributed by atoms with E-state index in [1.165, 1.54) is 10.3 Å². The fourth-order valence-corrected chi connectivity index (χ4v) is 1.97. The monoisotopic (exact) mass is 242 g/mol. The Labute approximate surface area is 108 Å². The molecule has 0 saturated carbocycles. The second-order valence-electron chi connectivity index (χ2n) is 5.77. The third kappa shape index (κ3) is 2.53. The van der Waals surface area contributed by atoms with Crippen LogP contribution in [0.3, 0.4) is 0 Å². The van der Waals surface area contributed by atoms with Gasteiger partial charge in [0.05, 0.1) is 5.56 Å². The number of aromatic nitrogens is 1. The average molecular weight is 242 g/mol. The fraction of sp³-hybridized carbons (Fsp3) is 0.312. The van der Waals surface area contributed by atoms with Gasteiger partial charge in [-0.3, -0.25) is 5.21 Å². The molecule has 1 heterocycles. The Balaban J connectivity index is 2.48. The minimum Gasteiger partial charge on any atom is -0.285 e. The van der Waals surface area contributed by atoms with E-state index in [4.69, 9.17) is 0 Å². The Bertz CT molecular complexity index is 568. The summed E-state index contributed by atoms with van der Waals surface area (Å²) in [6, 6.07) is 12.2. The van der Waals surface area contributed by atoms with Gasteiger partial charge in [-0.05, 0) is 30.5 Å². The van der Waals surface area contributed by atoms with Gasteiger partial charge in [0, 0.05) is 16.4 Å². The van der Waals surface area contributed by atoms with Gasteiger partial charge in [0.2, 0.25) is 6.20 Å². The van der Waals surface area contributed by atoms with Crippen molar-refractivity contribution in [3.63, 3.8) is 0 Å². The summed E-state index contributed by atoms with van der Waals surface area (Å²) >= 11 is 0. The first-order valence-corrected chi connectivity index (χ1v) is 6.20. The molecule has 0 amide bonds. The number of rotatable bonds is 1. The maximum absolute atomic E-state index is 10.1. The molecule has 1 aromatic carbocycles. The van der Waals surface area contributed by atoms with Gasteiger partial charge in [0.1, 0.15) is 0 Å². The van der Waals surface area contributed by atoms with Crippen LogP contribution < -0.4 is 4.73 Å². The number of benzene rings is 1. The fourth-order valence-electron chi connectivity index (χ4n) is 1.97. The van der Waals surface area contributed by atoms with Crippen LogP contribution in [-0.4, -0.2) is 5.21 Å². The first kappa shape index (κ1) is 12.6. The van der Waals surface area contributed by atoms with Gasteiger partial charge in [-0.25, -0.2) is 0 Å². The first-order chi connectivity index (χ1) is 8.38. The van der Waals surface area contributed by atoms with Gasteiger partial charge in [-0.2, -0.15) is 0 Å². The van der Waals surface area contributed by atoms with E-state index in [0.29, 0.717) is 0 Å². The van der Waals surface area contributed by atoms with Crippen molar-refractivity contribution in [2.45, 2.75) is 33.1 Å². The zero-order valence-electron chi connectivity index (χ0n) is 11.4. The Morgan fingerprint density at radius 2 is 1.78 bits per heavy atom. The lowest BCUT2D eigenvalue weighted by molar-refractivity contribution is -0.896. The maximum Gasteiger partial charge on any atom is 0.264 e. The zero-order valence-corrected chi connectivity index (χ0v) is 11.4. The molecule has 0 saturated heterocycles. The molecule has 2 aromatic rings. The highest BCUT2D eigenvalue weighted by molar-refractivity contribution is 5.57. The summed E-state index contributed by atoms with van der Waals surface area (Å²) in [6.45, 7) is 8.45. The number of hydrogen-bond acceptors (Lipinski definition) is 1. The Hall–Kier alpha value is -1.83. The summed E-state index contributed by atoms with van der Waals surface area (Å²) < 4.78 is 1.22. The highest BCUT2D eigenvalue weighted by atomic mass is 16.5. The van der Waals surface area contributed by atoms with Crippen molar-refractivity contribution in [2.75, 3.05) is 0 Å². The van der Waals surface area contributed by atoms with Gasteiger partial charge >= 0.3 is 0 Å². The molecule has 0 spiro atoms. The molecule has 94 valence electrons. The molecule has 1 N–H and O–H groups in total. The van der Waals surface area contributed by atoms with E-state index >= 15 is 0 Å². The lowest BCUT2D eigenvalue weighted by Gasteiger charge is -2.16. The largest absolute Gasteiger partial charge is 0.285 e. The average Bonchev–Trinajstić information content (AvgIpc) is 2.27. The standard InChI is InChI=1S/C16H20NO/c1-12-6-5-7-13(10-12)15-9-8-14(11-17(15)18)16(2,3)4/h5-11,18H,1-4H3/q+1. The molecule has 0 unspecified atom stereocenters. The Morgan fingerprint density at radius 1 is 1.06 bits per heavy atom. The summed E-state index contributed by atoms with van der Waals surface area (Å²) in [5.41, 5.74) is 4.17. The third-order valence-electron chi connectivity index (χ3n) is 3.11. The van der Waals surface area contributed by atoms with E-state index in [-0.39, 0.29) is 5.41 Å². The van der Waals surface area contributed by atoms with E-state index in [1.807, 2.05) is 18.2 Å². The summed E-state index contributed by atoms with van der Waals surface area (Å²) in [7, 11) is 0. The van der Waals surface area contributed by atoms with E-state index in [0.717, 1.165) is 16.8 Å². The zero-order chi connectivity index (χ0) is 13.3. The third-order valence-corrected chi connectivity index (χ3v) is 3.11. The summed E-state index contributed by atoms with van der Waals surface area (Å²) in [4.78, 5) is 0. The molecule has 0 aliphatic rings. The van der Waals surface area contributed by atoms with Crippen molar-refractivity contribution in [2.24, 2.45) is 0 Å². The highest BCUT2D eigenvalue weighted by Crippen LogP contribution is 2.23. The van der Waals surface area contributed by atoms with Gasteiger partial charge in [-0.15, -0.1) is 0 Å². The maximum atomic E-state index is 10.1. The van der Waals surface area contributed by atoms with Crippen LogP contribution in [-0.2, 0) is 5.41 Å². The van der Waals surface area contributed by atoms with Gasteiger partial charge in [0.25, 0.3) is 5.69 Å². The molecular weight excluding hydrogens is 222 g/mol. The van der Waals surface area contributed by atoms with Gasteiger partial charge < -0.3 is 0 Å². The lowest BCUT2D eigenvalue weighted by atomic mass is 9.88. The van der Waals surface area contributed by atoms with Gasteiger partial charge in [0.15, 0.2) is 0 Å². The smallest absolute Gasteiger partial charge is 0.264 e. The summed E-state index contributed by atoms with van der Waals surface area (Å²) in [6.07, 6.45) is 1.79. The lowest BCUT2D eigenvalue weighted by Crippen LogP contribution is -2.34. The minimum atomic E-state index is 0.0373. The quantitative estimate of drug-likeness (QED) is 0.601. The van der Waals surface area contributed by atoms with E-state index in [9.17, 15) is 5.21 Å². The normalized spacial score (nSPS) is 11.6. The first-order valence-electron chi connectivity index (χ1n) is 6.20. The summed E-state index contributed by atoms with van der Waals surface area (Å²) in [5, 5.41) is 10.1. The van der Waals surface area contributed by atoms with Crippen LogP contribution in [0.5, 0.6) is 0 Å². The summed E-state index contributed by atoms with van der Waals surface area (Å²) in [5.74, 6) is 0. The molecule has 0 radical (unpaired) electrons. The number of pyridine rings is 1. The van der Waals surface area contributed by atoms with Crippen molar-refractivity contribution in [1.82, 2.24) is 0 Å². The number of hydrogen-bond donors (Lipinski definition) is 1. The molecule has 2 heteroatoms. The van der Waals surface area contributed by atoms with Crippen molar-refractivity contribution in [3.05, 3.63) is 53.7 Å². The molecule has 1 aromatic heterocycles. The molecule has 18 heavy (non-hydrogen) atoms. The molecule has 2 rings (SSSR count). The molecule has 0 bridgehead atoms. The molecule has 2 nitrogen and oxygen atoms in total. The predicted octanol–water partition coefficient (Wildman–Crippen LogP) is 3.48. The molecular formula is C16H20NO+. The Kier molecular flexibility index (Phi) is 3.12.